The molecule has 1 aromatic carbocycles. The van der Waals surface area contributed by atoms with Gasteiger partial charge in [0, 0.05) is 18.5 Å². The zero-order valence-electron chi connectivity index (χ0n) is 8.74. The van der Waals surface area contributed by atoms with Gasteiger partial charge in [-0.05, 0) is 17.7 Å². The number of rotatable bonds is 4. The minimum absolute atomic E-state index is 0.0757. The van der Waals surface area contributed by atoms with Gasteiger partial charge in [0.25, 0.3) is 0 Å². The van der Waals surface area contributed by atoms with Crippen LogP contribution in [0, 0.1) is 0 Å². The van der Waals surface area contributed by atoms with Crippen molar-refractivity contribution in [3.63, 3.8) is 0 Å². The SMILES string of the molecule is CC(=O)NCC(C(=O)O)c1ccc(Cl)cc1. The van der Waals surface area contributed by atoms with Crippen LogP contribution in [0.2, 0.25) is 5.02 Å². The summed E-state index contributed by atoms with van der Waals surface area (Å²) < 4.78 is 0. The van der Waals surface area contributed by atoms with Crippen LogP contribution >= 0.6 is 11.6 Å². The summed E-state index contributed by atoms with van der Waals surface area (Å²) in [4.78, 5) is 21.7. The van der Waals surface area contributed by atoms with Crippen LogP contribution in [-0.2, 0) is 9.59 Å². The first-order valence-corrected chi connectivity index (χ1v) is 5.11. The van der Waals surface area contributed by atoms with Crippen molar-refractivity contribution < 1.29 is 14.7 Å². The molecule has 0 fully saturated rings. The second-order valence-electron chi connectivity index (χ2n) is 3.38. The Bertz CT molecular complexity index is 389. The first-order chi connectivity index (χ1) is 7.50. The van der Waals surface area contributed by atoms with Gasteiger partial charge in [-0.3, -0.25) is 9.59 Å². The number of nitrogens with one attached hydrogen (secondary N) is 1. The van der Waals surface area contributed by atoms with E-state index in [1.165, 1.54) is 6.92 Å². The van der Waals surface area contributed by atoms with E-state index in [2.05, 4.69) is 5.32 Å². The zero-order valence-corrected chi connectivity index (χ0v) is 9.49. The summed E-state index contributed by atoms with van der Waals surface area (Å²) in [5.74, 6) is -1.97. The maximum Gasteiger partial charge on any atom is 0.312 e. The van der Waals surface area contributed by atoms with Crippen LogP contribution in [0.5, 0.6) is 0 Å². The van der Waals surface area contributed by atoms with Crippen molar-refractivity contribution >= 4 is 23.5 Å². The molecule has 0 bridgehead atoms. The smallest absolute Gasteiger partial charge is 0.312 e. The molecule has 1 aromatic rings. The van der Waals surface area contributed by atoms with E-state index in [0.717, 1.165) is 0 Å². The van der Waals surface area contributed by atoms with Crippen LogP contribution in [0.3, 0.4) is 0 Å². The molecule has 0 aromatic heterocycles. The lowest BCUT2D eigenvalue weighted by molar-refractivity contribution is -0.138. The molecule has 0 aliphatic carbocycles. The molecule has 86 valence electrons. The Morgan fingerprint density at radius 2 is 1.94 bits per heavy atom. The molecule has 0 aliphatic heterocycles. The van der Waals surface area contributed by atoms with E-state index in [1.54, 1.807) is 24.3 Å². The second-order valence-corrected chi connectivity index (χ2v) is 3.82. The van der Waals surface area contributed by atoms with E-state index in [4.69, 9.17) is 16.7 Å². The summed E-state index contributed by atoms with van der Waals surface area (Å²) in [7, 11) is 0. The summed E-state index contributed by atoms with van der Waals surface area (Å²) >= 11 is 5.71. The van der Waals surface area contributed by atoms with Crippen molar-refractivity contribution in [2.45, 2.75) is 12.8 Å². The lowest BCUT2D eigenvalue weighted by Gasteiger charge is -2.12. The molecule has 16 heavy (non-hydrogen) atoms. The number of carboxylic acid groups (broad SMARTS) is 1. The normalized spacial score (nSPS) is 11.9. The molecule has 1 rings (SSSR count). The number of hydrogen-bond acceptors (Lipinski definition) is 2. The zero-order chi connectivity index (χ0) is 12.1. The molecular formula is C11H12ClNO3. The lowest BCUT2D eigenvalue weighted by Crippen LogP contribution is -2.29. The molecule has 5 heteroatoms. The molecule has 1 atom stereocenters. The number of amides is 1. The topological polar surface area (TPSA) is 66.4 Å². The summed E-state index contributed by atoms with van der Waals surface area (Å²) in [6, 6.07) is 6.53. The molecule has 0 spiro atoms. The molecule has 2 N–H and O–H groups in total. The third-order valence-electron chi connectivity index (χ3n) is 2.13. The molecule has 4 nitrogen and oxygen atoms in total. The molecule has 0 radical (unpaired) electrons. The van der Waals surface area contributed by atoms with Crippen molar-refractivity contribution in [1.29, 1.82) is 0 Å². The van der Waals surface area contributed by atoms with Gasteiger partial charge in [0.15, 0.2) is 0 Å². The predicted molar refractivity (Wildman–Crippen MR) is 60.5 cm³/mol. The Kier molecular flexibility index (Phi) is 4.31. The Morgan fingerprint density at radius 1 is 1.38 bits per heavy atom. The molecule has 0 saturated heterocycles. The number of aliphatic carboxylic acids is 1. The van der Waals surface area contributed by atoms with E-state index < -0.39 is 11.9 Å². The van der Waals surface area contributed by atoms with Gasteiger partial charge in [0.05, 0.1) is 5.92 Å². The Morgan fingerprint density at radius 3 is 2.38 bits per heavy atom. The third-order valence-corrected chi connectivity index (χ3v) is 2.38. The summed E-state index contributed by atoms with van der Waals surface area (Å²) in [6.07, 6.45) is 0. The highest BCUT2D eigenvalue weighted by molar-refractivity contribution is 6.30. The van der Waals surface area contributed by atoms with E-state index in [1.807, 2.05) is 0 Å². The Labute approximate surface area is 98.2 Å². The van der Waals surface area contributed by atoms with Crippen LogP contribution in [0.15, 0.2) is 24.3 Å². The highest BCUT2D eigenvalue weighted by Gasteiger charge is 2.19. The van der Waals surface area contributed by atoms with Crippen LogP contribution in [-0.4, -0.2) is 23.5 Å². The predicted octanol–water partition coefficient (Wildman–Crippen LogP) is 1.64. The fourth-order valence-corrected chi connectivity index (χ4v) is 1.41. The average Bonchev–Trinajstić information content (AvgIpc) is 2.20. The lowest BCUT2D eigenvalue weighted by atomic mass is 9.99. The van der Waals surface area contributed by atoms with Crippen molar-refractivity contribution in [3.05, 3.63) is 34.9 Å². The van der Waals surface area contributed by atoms with Crippen LogP contribution in [0.4, 0.5) is 0 Å². The van der Waals surface area contributed by atoms with Gasteiger partial charge in [0.2, 0.25) is 5.91 Å². The minimum atomic E-state index is -0.976. The van der Waals surface area contributed by atoms with Crippen molar-refractivity contribution in [2.75, 3.05) is 6.54 Å². The van der Waals surface area contributed by atoms with E-state index in [-0.39, 0.29) is 12.5 Å². The summed E-state index contributed by atoms with van der Waals surface area (Å²) in [6.45, 7) is 1.42. The number of carbonyl (C=O) groups excluding carboxylic acids is 1. The second kappa shape index (κ2) is 5.51. The Hall–Kier alpha value is -1.55. The minimum Gasteiger partial charge on any atom is -0.481 e. The van der Waals surface area contributed by atoms with Gasteiger partial charge in [0.1, 0.15) is 0 Å². The Balaban J connectivity index is 2.81. The maximum atomic E-state index is 11.0. The van der Waals surface area contributed by atoms with Gasteiger partial charge in [-0.2, -0.15) is 0 Å². The fraction of sp³-hybridized carbons (Fsp3) is 0.273. The van der Waals surface area contributed by atoms with E-state index in [0.29, 0.717) is 10.6 Å². The van der Waals surface area contributed by atoms with Crippen LogP contribution in [0.25, 0.3) is 0 Å². The molecule has 0 aliphatic rings. The summed E-state index contributed by atoms with van der Waals surface area (Å²) in [5, 5.41) is 12.1. The van der Waals surface area contributed by atoms with Crippen LogP contribution in [0.1, 0.15) is 18.4 Å². The van der Waals surface area contributed by atoms with Gasteiger partial charge in [-0.1, -0.05) is 23.7 Å². The third kappa shape index (κ3) is 3.55. The quantitative estimate of drug-likeness (QED) is 0.842. The number of carbonyl (C=O) groups is 2. The first kappa shape index (κ1) is 12.5. The van der Waals surface area contributed by atoms with Crippen molar-refractivity contribution in [1.82, 2.24) is 5.32 Å². The maximum absolute atomic E-state index is 11.0. The highest BCUT2D eigenvalue weighted by atomic mass is 35.5. The number of hydrogen-bond donors (Lipinski definition) is 2. The van der Waals surface area contributed by atoms with Gasteiger partial charge >= 0.3 is 5.97 Å². The van der Waals surface area contributed by atoms with E-state index >= 15 is 0 Å². The van der Waals surface area contributed by atoms with Crippen LogP contribution < -0.4 is 5.32 Å². The number of carboxylic acids is 1. The summed E-state index contributed by atoms with van der Waals surface area (Å²) in [5.41, 5.74) is 0.616. The molecule has 1 unspecified atom stereocenters. The molecule has 1 amide bonds. The fourth-order valence-electron chi connectivity index (χ4n) is 1.29. The van der Waals surface area contributed by atoms with Gasteiger partial charge < -0.3 is 10.4 Å². The first-order valence-electron chi connectivity index (χ1n) is 4.73. The number of benzene rings is 1. The number of halogens is 1. The van der Waals surface area contributed by atoms with Crippen molar-refractivity contribution in [3.8, 4) is 0 Å². The molecule has 0 saturated carbocycles. The van der Waals surface area contributed by atoms with Crippen molar-refractivity contribution in [2.24, 2.45) is 0 Å². The average molecular weight is 242 g/mol. The highest BCUT2D eigenvalue weighted by Crippen LogP contribution is 2.18. The monoisotopic (exact) mass is 241 g/mol. The molecular weight excluding hydrogens is 230 g/mol. The van der Waals surface area contributed by atoms with Gasteiger partial charge in [-0.15, -0.1) is 0 Å². The standard InChI is InChI=1S/C11H12ClNO3/c1-7(14)13-6-10(11(15)16)8-2-4-9(12)5-3-8/h2-5,10H,6H2,1H3,(H,13,14)(H,15,16). The largest absolute Gasteiger partial charge is 0.481 e. The van der Waals surface area contributed by atoms with Gasteiger partial charge in [-0.25, -0.2) is 0 Å². The molecule has 0 heterocycles. The van der Waals surface area contributed by atoms with E-state index in [9.17, 15) is 9.59 Å².